The van der Waals surface area contributed by atoms with Gasteiger partial charge in [0, 0.05) is 0 Å². The van der Waals surface area contributed by atoms with E-state index in [0.29, 0.717) is 0 Å². The number of aromatic carboxylic acids is 1. The summed E-state index contributed by atoms with van der Waals surface area (Å²) >= 11 is 11.8. The summed E-state index contributed by atoms with van der Waals surface area (Å²) in [5.74, 6) is -1.65. The molecule has 0 unspecified atom stereocenters. The van der Waals surface area contributed by atoms with Crippen LogP contribution < -0.4 is 4.74 Å². The second-order valence-electron chi connectivity index (χ2n) is 3.78. The van der Waals surface area contributed by atoms with Crippen molar-refractivity contribution >= 4 is 29.2 Å². The highest BCUT2D eigenvalue weighted by molar-refractivity contribution is 6.36. The van der Waals surface area contributed by atoms with Crippen LogP contribution in [0.2, 0.25) is 10.2 Å². The van der Waals surface area contributed by atoms with Gasteiger partial charge in [0.1, 0.15) is 16.7 Å². The molecule has 0 aliphatic rings. The summed E-state index contributed by atoms with van der Waals surface area (Å²) in [6, 6.07) is 5.35. The zero-order valence-corrected chi connectivity index (χ0v) is 11.7. The van der Waals surface area contributed by atoms with Crippen LogP contribution >= 0.6 is 23.2 Å². The molecule has 0 radical (unpaired) electrons. The summed E-state index contributed by atoms with van der Waals surface area (Å²) < 4.78 is 19.0. The lowest BCUT2D eigenvalue weighted by atomic mass is 10.1. The van der Waals surface area contributed by atoms with E-state index in [1.165, 1.54) is 25.3 Å². The van der Waals surface area contributed by atoms with Gasteiger partial charge in [-0.25, -0.2) is 14.2 Å². The standard InChI is InChI=1S/C13H8Cl2FNO3/c1-20-9-4-2-3-8(16)10(9)11-7(14)5-6(13(18)19)12(15)17-11/h2-5H,1H3,(H,18,19). The summed E-state index contributed by atoms with van der Waals surface area (Å²) in [6.07, 6.45) is 0. The monoisotopic (exact) mass is 315 g/mol. The van der Waals surface area contributed by atoms with Gasteiger partial charge in [0.25, 0.3) is 0 Å². The highest BCUT2D eigenvalue weighted by Crippen LogP contribution is 2.37. The third-order valence-corrected chi connectivity index (χ3v) is 3.17. The maximum atomic E-state index is 14.0. The van der Waals surface area contributed by atoms with E-state index in [0.717, 1.165) is 6.07 Å². The van der Waals surface area contributed by atoms with Crippen LogP contribution in [0.25, 0.3) is 11.3 Å². The molecule has 0 fully saturated rings. The molecule has 0 aliphatic heterocycles. The van der Waals surface area contributed by atoms with Crippen molar-refractivity contribution in [2.45, 2.75) is 0 Å². The number of rotatable bonds is 3. The summed E-state index contributed by atoms with van der Waals surface area (Å²) in [7, 11) is 1.37. The number of hydrogen-bond donors (Lipinski definition) is 1. The predicted octanol–water partition coefficient (Wildman–Crippen LogP) is 3.90. The van der Waals surface area contributed by atoms with Gasteiger partial charge in [-0.2, -0.15) is 0 Å². The van der Waals surface area contributed by atoms with Gasteiger partial charge in [0.05, 0.1) is 29.0 Å². The lowest BCUT2D eigenvalue weighted by Crippen LogP contribution is -2.02. The lowest BCUT2D eigenvalue weighted by molar-refractivity contribution is 0.0696. The molecule has 0 atom stereocenters. The molecule has 1 N–H and O–H groups in total. The molecule has 1 aromatic heterocycles. The van der Waals surface area contributed by atoms with Gasteiger partial charge in [0.2, 0.25) is 0 Å². The molecule has 0 aliphatic carbocycles. The lowest BCUT2D eigenvalue weighted by Gasteiger charge is -2.11. The molecule has 2 rings (SSSR count). The van der Waals surface area contributed by atoms with Crippen molar-refractivity contribution in [1.82, 2.24) is 4.98 Å². The second-order valence-corrected chi connectivity index (χ2v) is 4.54. The molecule has 1 heterocycles. The van der Waals surface area contributed by atoms with E-state index in [1.807, 2.05) is 0 Å². The van der Waals surface area contributed by atoms with E-state index < -0.39 is 11.8 Å². The van der Waals surface area contributed by atoms with E-state index >= 15 is 0 Å². The first-order chi connectivity index (χ1) is 9.45. The first-order valence-corrected chi connectivity index (χ1v) is 6.13. The van der Waals surface area contributed by atoms with Gasteiger partial charge in [-0.3, -0.25) is 0 Å². The Morgan fingerprint density at radius 3 is 2.70 bits per heavy atom. The number of carbonyl (C=O) groups is 1. The minimum atomic E-state index is -1.27. The maximum absolute atomic E-state index is 14.0. The van der Waals surface area contributed by atoms with Gasteiger partial charge in [-0.1, -0.05) is 29.3 Å². The number of methoxy groups -OCH3 is 1. The van der Waals surface area contributed by atoms with Crippen LogP contribution in [0.1, 0.15) is 10.4 Å². The minimum absolute atomic E-state index is 0.0246. The molecular weight excluding hydrogens is 308 g/mol. The molecule has 104 valence electrons. The maximum Gasteiger partial charge on any atom is 0.338 e. The van der Waals surface area contributed by atoms with Crippen molar-refractivity contribution < 1.29 is 19.0 Å². The quantitative estimate of drug-likeness (QED) is 0.873. The Labute approximate surface area is 123 Å². The van der Waals surface area contributed by atoms with Crippen molar-refractivity contribution in [1.29, 1.82) is 0 Å². The van der Waals surface area contributed by atoms with Gasteiger partial charge >= 0.3 is 5.97 Å². The number of aromatic nitrogens is 1. The number of hydrogen-bond acceptors (Lipinski definition) is 3. The molecule has 4 nitrogen and oxygen atoms in total. The van der Waals surface area contributed by atoms with E-state index in [-0.39, 0.29) is 32.7 Å². The largest absolute Gasteiger partial charge is 0.496 e. The van der Waals surface area contributed by atoms with Crippen molar-refractivity contribution in [2.75, 3.05) is 7.11 Å². The third-order valence-electron chi connectivity index (χ3n) is 2.59. The fraction of sp³-hybridized carbons (Fsp3) is 0.0769. The Hall–Kier alpha value is -1.85. The first kappa shape index (κ1) is 14.6. The second kappa shape index (κ2) is 5.64. The molecule has 7 heteroatoms. The molecule has 20 heavy (non-hydrogen) atoms. The average molecular weight is 316 g/mol. The van der Waals surface area contributed by atoms with Gasteiger partial charge in [0.15, 0.2) is 0 Å². The van der Waals surface area contributed by atoms with Crippen LogP contribution in [-0.2, 0) is 0 Å². The number of pyridine rings is 1. The predicted molar refractivity (Wildman–Crippen MR) is 73.2 cm³/mol. The Balaban J connectivity index is 2.71. The minimum Gasteiger partial charge on any atom is -0.496 e. The molecule has 0 bridgehead atoms. The van der Waals surface area contributed by atoms with Crippen molar-refractivity contribution in [2.24, 2.45) is 0 Å². The SMILES string of the molecule is COc1cccc(F)c1-c1nc(Cl)c(C(=O)O)cc1Cl. The van der Waals surface area contributed by atoms with Crippen LogP contribution in [0.15, 0.2) is 24.3 Å². The molecule has 1 aromatic carbocycles. The van der Waals surface area contributed by atoms with Crippen molar-refractivity contribution in [3.63, 3.8) is 0 Å². The van der Waals surface area contributed by atoms with E-state index in [1.54, 1.807) is 0 Å². The smallest absolute Gasteiger partial charge is 0.338 e. The highest BCUT2D eigenvalue weighted by atomic mass is 35.5. The van der Waals surface area contributed by atoms with E-state index in [4.69, 9.17) is 33.0 Å². The zero-order chi connectivity index (χ0) is 14.9. The molecule has 0 amide bonds. The Morgan fingerprint density at radius 2 is 2.10 bits per heavy atom. The molecule has 2 aromatic rings. The zero-order valence-electron chi connectivity index (χ0n) is 10.2. The van der Waals surface area contributed by atoms with E-state index in [2.05, 4.69) is 4.98 Å². The topological polar surface area (TPSA) is 59.4 Å². The van der Waals surface area contributed by atoms with Crippen LogP contribution in [0.3, 0.4) is 0 Å². The van der Waals surface area contributed by atoms with E-state index in [9.17, 15) is 9.18 Å². The highest BCUT2D eigenvalue weighted by Gasteiger charge is 2.20. The summed E-state index contributed by atoms with van der Waals surface area (Å²) in [4.78, 5) is 14.8. The number of nitrogens with zero attached hydrogens (tertiary/aromatic N) is 1. The number of carboxylic acids is 1. The fourth-order valence-electron chi connectivity index (χ4n) is 1.70. The van der Waals surface area contributed by atoms with Gasteiger partial charge in [-0.15, -0.1) is 0 Å². The van der Waals surface area contributed by atoms with Crippen molar-refractivity contribution in [3.05, 3.63) is 45.8 Å². The summed E-state index contributed by atoms with van der Waals surface area (Å²) in [6.45, 7) is 0. The molecule has 0 spiro atoms. The number of halogens is 3. The molecule has 0 saturated heterocycles. The molecule has 0 saturated carbocycles. The third kappa shape index (κ3) is 2.55. The number of ether oxygens (including phenoxy) is 1. The first-order valence-electron chi connectivity index (χ1n) is 5.38. The Morgan fingerprint density at radius 1 is 1.40 bits per heavy atom. The summed E-state index contributed by atoms with van der Waals surface area (Å²) in [5.41, 5.74) is -0.203. The number of carboxylic acid groups (broad SMARTS) is 1. The van der Waals surface area contributed by atoms with Crippen LogP contribution in [0, 0.1) is 5.82 Å². The Bertz CT molecular complexity index is 692. The van der Waals surface area contributed by atoms with Crippen LogP contribution in [0.4, 0.5) is 4.39 Å². The molecular formula is C13H8Cl2FNO3. The van der Waals surface area contributed by atoms with Gasteiger partial charge in [-0.05, 0) is 18.2 Å². The van der Waals surface area contributed by atoms with Crippen molar-refractivity contribution in [3.8, 4) is 17.0 Å². The summed E-state index contributed by atoms with van der Waals surface area (Å²) in [5, 5.41) is 8.62. The van der Waals surface area contributed by atoms with Crippen LogP contribution in [-0.4, -0.2) is 23.2 Å². The normalized spacial score (nSPS) is 10.4. The fourth-order valence-corrected chi connectivity index (χ4v) is 2.16. The Kier molecular flexibility index (Phi) is 4.11. The van der Waals surface area contributed by atoms with Gasteiger partial charge < -0.3 is 9.84 Å². The number of benzene rings is 1. The van der Waals surface area contributed by atoms with Crippen LogP contribution in [0.5, 0.6) is 5.75 Å². The average Bonchev–Trinajstić information content (AvgIpc) is 2.40.